The van der Waals surface area contributed by atoms with Crippen LogP contribution in [0.2, 0.25) is 0 Å². The molecule has 1 heterocycles. The van der Waals surface area contributed by atoms with Crippen LogP contribution in [0.3, 0.4) is 0 Å². The molecule has 1 fully saturated rings. The van der Waals surface area contributed by atoms with Gasteiger partial charge in [-0.1, -0.05) is 12.1 Å². The van der Waals surface area contributed by atoms with Crippen molar-refractivity contribution in [2.75, 3.05) is 13.2 Å². The van der Waals surface area contributed by atoms with Crippen LogP contribution in [0.25, 0.3) is 0 Å². The van der Waals surface area contributed by atoms with Gasteiger partial charge in [-0.25, -0.2) is 0 Å². The molecule has 1 aliphatic heterocycles. The maximum Gasteiger partial charge on any atom is 0.486 e. The van der Waals surface area contributed by atoms with Gasteiger partial charge in [0, 0.05) is 0 Å². The Hall–Kier alpha value is -1.34. The van der Waals surface area contributed by atoms with Gasteiger partial charge < -0.3 is 18.8 Å². The molecule has 136 valence electrons. The van der Waals surface area contributed by atoms with Gasteiger partial charge >= 0.3 is 19.1 Å². The average molecular weight is 340 g/mol. The van der Waals surface area contributed by atoms with Crippen molar-refractivity contribution in [2.24, 2.45) is 5.92 Å². The third-order valence-electron chi connectivity index (χ3n) is 4.32. The fourth-order valence-corrected chi connectivity index (χ4v) is 2.27. The molecule has 0 aromatic heterocycles. The summed E-state index contributed by atoms with van der Waals surface area (Å²) >= 11 is 0. The topological polar surface area (TPSA) is 71.1 Å². The molecule has 1 rings (SSSR count). The Morgan fingerprint density at radius 1 is 1.04 bits per heavy atom. The van der Waals surface area contributed by atoms with E-state index in [1.165, 1.54) is 0 Å². The van der Waals surface area contributed by atoms with E-state index in [9.17, 15) is 9.59 Å². The molecule has 0 bridgehead atoms. The molecule has 0 spiro atoms. The second kappa shape index (κ2) is 8.67. The second-order valence-electron chi connectivity index (χ2n) is 6.75. The normalized spacial score (nSPS) is 20.2. The molecule has 0 amide bonds. The van der Waals surface area contributed by atoms with Crippen molar-refractivity contribution in [3.8, 4) is 0 Å². The molecule has 6 nitrogen and oxygen atoms in total. The van der Waals surface area contributed by atoms with E-state index in [-0.39, 0.29) is 19.6 Å². The van der Waals surface area contributed by atoms with Gasteiger partial charge in [0.15, 0.2) is 0 Å². The van der Waals surface area contributed by atoms with Crippen molar-refractivity contribution in [1.82, 2.24) is 0 Å². The van der Waals surface area contributed by atoms with Crippen LogP contribution in [-0.2, 0) is 28.4 Å². The Morgan fingerprint density at radius 3 is 2.08 bits per heavy atom. The van der Waals surface area contributed by atoms with Crippen LogP contribution in [0, 0.1) is 5.92 Å². The molecule has 0 saturated carbocycles. The van der Waals surface area contributed by atoms with E-state index in [0.29, 0.717) is 6.42 Å². The number of rotatable bonds is 8. The van der Waals surface area contributed by atoms with Crippen LogP contribution in [0.4, 0.5) is 0 Å². The zero-order valence-corrected chi connectivity index (χ0v) is 15.6. The van der Waals surface area contributed by atoms with Gasteiger partial charge in [-0.2, -0.15) is 0 Å². The lowest BCUT2D eigenvalue weighted by molar-refractivity contribution is -0.154. The van der Waals surface area contributed by atoms with Gasteiger partial charge in [-0.05, 0) is 48.0 Å². The van der Waals surface area contributed by atoms with E-state index in [1.807, 2.05) is 27.7 Å². The van der Waals surface area contributed by atoms with Crippen molar-refractivity contribution in [1.29, 1.82) is 0 Å². The lowest BCUT2D eigenvalue weighted by Crippen LogP contribution is -2.41. The Balaban J connectivity index is 2.64. The van der Waals surface area contributed by atoms with Crippen LogP contribution in [0.1, 0.15) is 54.4 Å². The molecule has 0 unspecified atom stereocenters. The van der Waals surface area contributed by atoms with Crippen LogP contribution < -0.4 is 0 Å². The minimum atomic E-state index is -0.567. The van der Waals surface area contributed by atoms with Crippen LogP contribution in [-0.4, -0.2) is 43.5 Å². The van der Waals surface area contributed by atoms with Crippen molar-refractivity contribution in [2.45, 2.75) is 65.6 Å². The highest BCUT2D eigenvalue weighted by Crippen LogP contribution is 2.36. The highest BCUT2D eigenvalue weighted by atomic mass is 16.7. The zero-order valence-electron chi connectivity index (χ0n) is 15.6. The zero-order chi connectivity index (χ0) is 18.4. The summed E-state index contributed by atoms with van der Waals surface area (Å²) in [6, 6.07) is 0. The molecule has 7 heteroatoms. The summed E-state index contributed by atoms with van der Waals surface area (Å²) in [5, 5.41) is 0. The van der Waals surface area contributed by atoms with Crippen molar-refractivity contribution in [3.05, 3.63) is 12.1 Å². The fraction of sp³-hybridized carbons (Fsp3) is 0.765. The van der Waals surface area contributed by atoms with Crippen LogP contribution in [0.5, 0.6) is 0 Å². The molecule has 0 radical (unpaired) electrons. The van der Waals surface area contributed by atoms with Gasteiger partial charge in [0.2, 0.25) is 0 Å². The lowest BCUT2D eigenvalue weighted by Gasteiger charge is -2.32. The van der Waals surface area contributed by atoms with E-state index in [4.69, 9.17) is 18.8 Å². The quantitative estimate of drug-likeness (QED) is 0.500. The predicted octanol–water partition coefficient (Wildman–Crippen LogP) is 2.70. The third kappa shape index (κ3) is 5.63. The maximum atomic E-state index is 12.0. The summed E-state index contributed by atoms with van der Waals surface area (Å²) < 4.78 is 21.7. The number of ether oxygens (including phenoxy) is 2. The molecule has 1 saturated heterocycles. The van der Waals surface area contributed by atoms with Gasteiger partial charge in [0.25, 0.3) is 0 Å². The number of carbonyl (C=O) groups is 2. The van der Waals surface area contributed by atoms with E-state index in [0.717, 1.165) is 0 Å². The predicted molar refractivity (Wildman–Crippen MR) is 91.2 cm³/mol. The minimum Gasteiger partial charge on any atom is -0.466 e. The number of hydrogen-bond donors (Lipinski definition) is 0. The van der Waals surface area contributed by atoms with E-state index >= 15 is 0 Å². The molecule has 24 heavy (non-hydrogen) atoms. The first-order chi connectivity index (χ1) is 11.1. The number of esters is 2. The van der Waals surface area contributed by atoms with Crippen molar-refractivity contribution >= 4 is 19.1 Å². The van der Waals surface area contributed by atoms with Crippen LogP contribution >= 0.6 is 0 Å². The Labute approximate surface area is 145 Å². The lowest BCUT2D eigenvalue weighted by atomic mass is 9.88. The molecule has 0 aromatic rings. The molecular weight excluding hydrogens is 311 g/mol. The SMILES string of the molecule is CCOC(=O)C[C@@H](C/C=C/B1OC(C)(C)C(C)(C)O1)C(=O)OCC. The Morgan fingerprint density at radius 2 is 1.58 bits per heavy atom. The summed E-state index contributed by atoms with van der Waals surface area (Å²) in [7, 11) is -0.472. The standard InChI is InChI=1S/C17H29BO6/c1-7-21-14(19)12-13(15(20)22-8-2)10-9-11-18-23-16(3,4)17(5,6)24-18/h9,11,13H,7-8,10,12H2,1-6H3/b11-9+/t13-/m1/s1. The number of hydrogen-bond acceptors (Lipinski definition) is 6. The highest BCUT2D eigenvalue weighted by Gasteiger charge is 2.50. The highest BCUT2D eigenvalue weighted by molar-refractivity contribution is 6.51. The third-order valence-corrected chi connectivity index (χ3v) is 4.32. The summed E-state index contributed by atoms with van der Waals surface area (Å²) in [4.78, 5) is 23.6. The molecule has 1 atom stereocenters. The van der Waals surface area contributed by atoms with Gasteiger partial charge in [-0.3, -0.25) is 9.59 Å². The van der Waals surface area contributed by atoms with Crippen molar-refractivity contribution in [3.63, 3.8) is 0 Å². The summed E-state index contributed by atoms with van der Waals surface area (Å²) in [5.41, 5.74) is -0.818. The van der Waals surface area contributed by atoms with Gasteiger partial charge in [0.05, 0.1) is 36.8 Å². The number of allylic oxidation sites excluding steroid dienone is 1. The first-order valence-corrected chi connectivity index (χ1v) is 8.47. The smallest absolute Gasteiger partial charge is 0.466 e. The molecule has 1 aliphatic rings. The monoisotopic (exact) mass is 340 g/mol. The molecule has 0 aliphatic carbocycles. The first-order valence-electron chi connectivity index (χ1n) is 8.47. The van der Waals surface area contributed by atoms with Gasteiger partial charge in [-0.15, -0.1) is 0 Å². The molecule has 0 N–H and O–H groups in total. The average Bonchev–Trinajstić information content (AvgIpc) is 2.66. The molecular formula is C17H29BO6. The minimum absolute atomic E-state index is 0.000377. The van der Waals surface area contributed by atoms with Crippen molar-refractivity contribution < 1.29 is 28.4 Å². The fourth-order valence-electron chi connectivity index (χ4n) is 2.27. The first kappa shape index (κ1) is 20.7. The summed E-state index contributed by atoms with van der Waals surface area (Å²) in [6.45, 7) is 11.9. The van der Waals surface area contributed by atoms with E-state index < -0.39 is 36.2 Å². The molecule has 0 aromatic carbocycles. The van der Waals surface area contributed by atoms with E-state index in [2.05, 4.69) is 0 Å². The largest absolute Gasteiger partial charge is 0.486 e. The summed E-state index contributed by atoms with van der Waals surface area (Å²) in [6.07, 6.45) is 2.16. The Kier molecular flexibility index (Phi) is 7.48. The Bertz CT molecular complexity index is 456. The maximum absolute atomic E-state index is 12.0. The second-order valence-corrected chi connectivity index (χ2v) is 6.75. The van der Waals surface area contributed by atoms with Crippen LogP contribution in [0.15, 0.2) is 12.1 Å². The van der Waals surface area contributed by atoms with E-state index in [1.54, 1.807) is 25.9 Å². The number of carbonyl (C=O) groups excluding carboxylic acids is 2. The van der Waals surface area contributed by atoms with Gasteiger partial charge in [0.1, 0.15) is 0 Å². The summed E-state index contributed by atoms with van der Waals surface area (Å²) in [5.74, 6) is 0.403.